The number of thiophene rings is 1. The molecule has 0 radical (unpaired) electrons. The highest BCUT2D eigenvalue weighted by Crippen LogP contribution is 2.24. The maximum atomic E-state index is 13.5. The average Bonchev–Trinajstić information content (AvgIpc) is 2.70. The molecule has 1 heterocycles. The fraction of sp³-hybridized carbons (Fsp3) is 0.231. The van der Waals surface area contributed by atoms with Crippen LogP contribution in [0.2, 0.25) is 0 Å². The van der Waals surface area contributed by atoms with Crippen molar-refractivity contribution >= 4 is 27.3 Å². The lowest BCUT2D eigenvalue weighted by molar-refractivity contribution is 0.534. The van der Waals surface area contributed by atoms with Gasteiger partial charge in [0.25, 0.3) is 0 Å². The lowest BCUT2D eigenvalue weighted by Gasteiger charge is -2.12. The Labute approximate surface area is 117 Å². The molecule has 0 aliphatic carbocycles. The Morgan fingerprint density at radius 2 is 1.83 bits per heavy atom. The standard InChI is InChI=1S/C13H12BrF2NS/c14-10-4-5-18-13(10)7-8(17)6-9-11(15)2-1-3-12(9)16/h1-5,8H,6-7,17H2. The van der Waals surface area contributed by atoms with E-state index in [9.17, 15) is 8.78 Å². The minimum absolute atomic E-state index is 0.0673. The number of hydrogen-bond donors (Lipinski definition) is 1. The number of benzene rings is 1. The van der Waals surface area contributed by atoms with Crippen LogP contribution in [0.4, 0.5) is 8.78 Å². The third kappa shape index (κ3) is 3.16. The predicted molar refractivity (Wildman–Crippen MR) is 73.8 cm³/mol. The van der Waals surface area contributed by atoms with Gasteiger partial charge in [0.2, 0.25) is 0 Å². The summed E-state index contributed by atoms with van der Waals surface area (Å²) in [6, 6.07) is 5.51. The molecule has 0 saturated heterocycles. The van der Waals surface area contributed by atoms with Gasteiger partial charge >= 0.3 is 0 Å². The molecule has 1 aromatic heterocycles. The van der Waals surface area contributed by atoms with Crippen LogP contribution in [0.3, 0.4) is 0 Å². The van der Waals surface area contributed by atoms with Gasteiger partial charge in [-0.1, -0.05) is 6.07 Å². The average molecular weight is 332 g/mol. The van der Waals surface area contributed by atoms with Gasteiger partial charge in [0, 0.05) is 21.0 Å². The van der Waals surface area contributed by atoms with Crippen LogP contribution >= 0.6 is 27.3 Å². The van der Waals surface area contributed by atoms with Gasteiger partial charge in [0.05, 0.1) is 0 Å². The van der Waals surface area contributed by atoms with Crippen LogP contribution < -0.4 is 5.73 Å². The van der Waals surface area contributed by atoms with Crippen molar-refractivity contribution in [3.8, 4) is 0 Å². The molecule has 5 heteroatoms. The number of halogens is 3. The summed E-state index contributed by atoms with van der Waals surface area (Å²) >= 11 is 5.00. The molecule has 2 rings (SSSR count). The van der Waals surface area contributed by atoms with Gasteiger partial charge in [0.15, 0.2) is 0 Å². The van der Waals surface area contributed by atoms with Gasteiger partial charge in [-0.15, -0.1) is 11.3 Å². The van der Waals surface area contributed by atoms with Crippen LogP contribution in [0.1, 0.15) is 10.4 Å². The van der Waals surface area contributed by atoms with E-state index in [4.69, 9.17) is 5.73 Å². The molecule has 1 nitrogen and oxygen atoms in total. The van der Waals surface area contributed by atoms with Gasteiger partial charge in [0.1, 0.15) is 11.6 Å². The summed E-state index contributed by atoms with van der Waals surface area (Å²) in [5, 5.41) is 1.95. The lowest BCUT2D eigenvalue weighted by atomic mass is 10.0. The van der Waals surface area contributed by atoms with Crippen molar-refractivity contribution in [3.63, 3.8) is 0 Å². The van der Waals surface area contributed by atoms with Crippen molar-refractivity contribution in [2.75, 3.05) is 0 Å². The van der Waals surface area contributed by atoms with E-state index in [1.165, 1.54) is 18.2 Å². The fourth-order valence-electron chi connectivity index (χ4n) is 1.77. The molecule has 18 heavy (non-hydrogen) atoms. The van der Waals surface area contributed by atoms with Gasteiger partial charge in [-0.25, -0.2) is 8.78 Å². The molecule has 0 aliphatic heterocycles. The summed E-state index contributed by atoms with van der Waals surface area (Å²) in [4.78, 5) is 1.10. The van der Waals surface area contributed by atoms with Crippen LogP contribution in [-0.2, 0) is 12.8 Å². The normalized spacial score (nSPS) is 12.7. The third-order valence-electron chi connectivity index (χ3n) is 2.67. The van der Waals surface area contributed by atoms with E-state index in [2.05, 4.69) is 15.9 Å². The van der Waals surface area contributed by atoms with Crippen molar-refractivity contribution in [1.29, 1.82) is 0 Å². The smallest absolute Gasteiger partial charge is 0.129 e. The van der Waals surface area contributed by atoms with E-state index >= 15 is 0 Å². The first-order valence-electron chi connectivity index (χ1n) is 5.48. The molecular formula is C13H12BrF2NS. The van der Waals surface area contributed by atoms with E-state index in [1.54, 1.807) is 11.3 Å². The van der Waals surface area contributed by atoms with Crippen molar-refractivity contribution in [1.82, 2.24) is 0 Å². The summed E-state index contributed by atoms with van der Waals surface area (Å²) in [7, 11) is 0. The molecular weight excluding hydrogens is 320 g/mol. The molecule has 0 aliphatic rings. The zero-order chi connectivity index (χ0) is 13.1. The highest BCUT2D eigenvalue weighted by atomic mass is 79.9. The maximum absolute atomic E-state index is 13.5. The molecule has 96 valence electrons. The molecule has 2 N–H and O–H groups in total. The first kappa shape index (κ1) is 13.6. The summed E-state index contributed by atoms with van der Waals surface area (Å²) < 4.78 is 27.9. The predicted octanol–water partition coefficient (Wildman–Crippen LogP) is 3.90. The van der Waals surface area contributed by atoms with Crippen LogP contribution in [-0.4, -0.2) is 6.04 Å². The van der Waals surface area contributed by atoms with Crippen molar-refractivity contribution in [2.24, 2.45) is 5.73 Å². The van der Waals surface area contributed by atoms with Crippen molar-refractivity contribution in [3.05, 3.63) is 56.2 Å². The van der Waals surface area contributed by atoms with Gasteiger partial charge in [-0.3, -0.25) is 0 Å². The number of nitrogens with two attached hydrogens (primary N) is 1. The first-order valence-corrected chi connectivity index (χ1v) is 7.15. The van der Waals surface area contributed by atoms with Gasteiger partial charge < -0.3 is 5.73 Å². The molecule has 1 atom stereocenters. The van der Waals surface area contributed by atoms with E-state index in [0.29, 0.717) is 6.42 Å². The molecule has 0 saturated carbocycles. The highest BCUT2D eigenvalue weighted by Gasteiger charge is 2.14. The highest BCUT2D eigenvalue weighted by molar-refractivity contribution is 9.10. The SMILES string of the molecule is NC(Cc1sccc1Br)Cc1c(F)cccc1F. The Morgan fingerprint density at radius 3 is 2.39 bits per heavy atom. The fourth-order valence-corrected chi connectivity index (χ4v) is 3.38. The first-order chi connectivity index (χ1) is 8.58. The second kappa shape index (κ2) is 5.91. The Balaban J connectivity index is 2.08. The zero-order valence-corrected chi connectivity index (χ0v) is 11.9. The Hall–Kier alpha value is -0.780. The quantitative estimate of drug-likeness (QED) is 0.903. The summed E-state index contributed by atoms with van der Waals surface area (Å²) in [6.07, 6.45) is 0.800. The summed E-state index contributed by atoms with van der Waals surface area (Å²) in [6.45, 7) is 0. The van der Waals surface area contributed by atoms with Gasteiger partial charge in [-0.05, 0) is 52.4 Å². The Bertz CT molecular complexity index is 521. The zero-order valence-electron chi connectivity index (χ0n) is 9.50. The molecule has 0 amide bonds. The minimum Gasteiger partial charge on any atom is -0.327 e. The number of hydrogen-bond acceptors (Lipinski definition) is 2. The Kier molecular flexibility index (Phi) is 4.48. The largest absolute Gasteiger partial charge is 0.327 e. The molecule has 1 unspecified atom stereocenters. The van der Waals surface area contributed by atoms with E-state index < -0.39 is 11.6 Å². The molecule has 1 aromatic carbocycles. The van der Waals surface area contributed by atoms with E-state index in [1.807, 2.05) is 11.4 Å². The third-order valence-corrected chi connectivity index (χ3v) is 4.62. The maximum Gasteiger partial charge on any atom is 0.129 e. The summed E-state index contributed by atoms with van der Waals surface area (Å²) in [5.74, 6) is -1.06. The van der Waals surface area contributed by atoms with Crippen LogP contribution in [0, 0.1) is 11.6 Å². The molecule has 0 spiro atoms. The number of rotatable bonds is 4. The second-order valence-electron chi connectivity index (χ2n) is 4.06. The van der Waals surface area contributed by atoms with Gasteiger partial charge in [-0.2, -0.15) is 0 Å². The monoisotopic (exact) mass is 331 g/mol. The van der Waals surface area contributed by atoms with E-state index in [0.717, 1.165) is 9.35 Å². The van der Waals surface area contributed by atoms with Crippen molar-refractivity contribution < 1.29 is 8.78 Å². The minimum atomic E-state index is -0.532. The second-order valence-corrected chi connectivity index (χ2v) is 5.92. The lowest BCUT2D eigenvalue weighted by Crippen LogP contribution is -2.26. The molecule has 2 aromatic rings. The van der Waals surface area contributed by atoms with E-state index in [-0.39, 0.29) is 18.0 Å². The summed E-state index contributed by atoms with van der Waals surface area (Å²) in [5.41, 5.74) is 6.02. The Morgan fingerprint density at radius 1 is 1.17 bits per heavy atom. The van der Waals surface area contributed by atoms with Crippen LogP contribution in [0.25, 0.3) is 0 Å². The molecule has 0 bridgehead atoms. The molecule has 0 fully saturated rings. The van der Waals surface area contributed by atoms with Crippen LogP contribution in [0.15, 0.2) is 34.1 Å². The van der Waals surface area contributed by atoms with Crippen molar-refractivity contribution in [2.45, 2.75) is 18.9 Å². The van der Waals surface area contributed by atoms with Crippen LogP contribution in [0.5, 0.6) is 0 Å². The topological polar surface area (TPSA) is 26.0 Å².